The van der Waals surface area contributed by atoms with Crippen LogP contribution in [0.3, 0.4) is 0 Å². The second kappa shape index (κ2) is 3.26. The van der Waals surface area contributed by atoms with Gasteiger partial charge in [-0.2, -0.15) is 0 Å². The first-order valence-corrected chi connectivity index (χ1v) is 3.73. The minimum Gasteiger partial charge on any atom is 0 e. The molecule has 0 spiro atoms. The largest absolute Gasteiger partial charge is 0 e. The van der Waals surface area contributed by atoms with E-state index in [1.165, 1.54) is 0 Å². The van der Waals surface area contributed by atoms with Crippen molar-refractivity contribution in [3.05, 3.63) is 0 Å². The van der Waals surface area contributed by atoms with E-state index in [2.05, 4.69) is 6.53 Å². The molecular formula is KO4SSe. The van der Waals surface area contributed by atoms with Crippen molar-refractivity contribution in [3.63, 3.8) is 0 Å². The molecule has 7 heteroatoms. The molecule has 0 N–H and O–H groups in total. The first-order chi connectivity index (χ1) is 2.71. The van der Waals surface area contributed by atoms with E-state index >= 15 is 0 Å². The second-order valence-electron chi connectivity index (χ2n) is 0.612. The smallest absolute Gasteiger partial charge is 0 e. The van der Waals surface area contributed by atoms with Crippen molar-refractivity contribution in [3.8, 4) is 0 Å². The SMILES string of the molecule is O=S1(=O)O[Se]O1.[K]. The van der Waals surface area contributed by atoms with Crippen LogP contribution >= 0.6 is 0 Å². The van der Waals surface area contributed by atoms with E-state index in [9.17, 15) is 8.42 Å². The van der Waals surface area contributed by atoms with Crippen LogP contribution in [0.1, 0.15) is 0 Å². The van der Waals surface area contributed by atoms with Gasteiger partial charge in [0.05, 0.1) is 0 Å². The predicted molar refractivity (Wildman–Crippen MR) is 22.6 cm³/mol. The van der Waals surface area contributed by atoms with Gasteiger partial charge in [-0.3, -0.25) is 0 Å². The summed E-state index contributed by atoms with van der Waals surface area (Å²) < 4.78 is 27.2. The molecular weight excluding hydrogens is 214 g/mol. The molecule has 0 aliphatic carbocycles. The molecule has 0 aromatic rings. The monoisotopic (exact) mass is 215 g/mol. The van der Waals surface area contributed by atoms with Gasteiger partial charge < -0.3 is 0 Å². The van der Waals surface area contributed by atoms with E-state index in [4.69, 9.17) is 0 Å². The van der Waals surface area contributed by atoms with Gasteiger partial charge in [-0.1, -0.05) is 0 Å². The average Bonchev–Trinajstić information content (AvgIpc) is 1.32. The molecule has 4 nitrogen and oxygen atoms in total. The normalized spacial score (nSPS) is 24.6. The van der Waals surface area contributed by atoms with Gasteiger partial charge in [0.25, 0.3) is 0 Å². The van der Waals surface area contributed by atoms with E-state index in [0.29, 0.717) is 0 Å². The molecule has 1 heterocycles. The molecule has 0 atom stereocenters. The molecule has 0 aromatic heterocycles. The molecule has 1 radical (unpaired) electrons. The van der Waals surface area contributed by atoms with Crippen molar-refractivity contribution < 1.29 is 14.9 Å². The third-order valence-corrected chi connectivity index (χ3v) is 3.46. The number of rotatable bonds is 0. The van der Waals surface area contributed by atoms with Crippen LogP contribution in [0.5, 0.6) is 0 Å². The molecule has 0 saturated carbocycles. The first kappa shape index (κ1) is 9.03. The average molecular weight is 214 g/mol. The van der Waals surface area contributed by atoms with Crippen molar-refractivity contribution >= 4 is 77.4 Å². The quantitative estimate of drug-likeness (QED) is 0.457. The summed E-state index contributed by atoms with van der Waals surface area (Å²) in [5.74, 6) is 0. The van der Waals surface area contributed by atoms with E-state index in [1.54, 1.807) is 0 Å². The molecule has 37 valence electrons. The molecule has 1 fully saturated rings. The van der Waals surface area contributed by atoms with E-state index in [1.807, 2.05) is 0 Å². The summed E-state index contributed by atoms with van der Waals surface area (Å²) >= 11 is -0.557. The summed E-state index contributed by atoms with van der Waals surface area (Å²) in [7, 11) is -3.45. The van der Waals surface area contributed by atoms with E-state index in [-0.39, 0.29) is 51.4 Å². The zero-order valence-electron chi connectivity index (χ0n) is 3.45. The Morgan fingerprint density at radius 1 is 1.29 bits per heavy atom. The summed E-state index contributed by atoms with van der Waals surface area (Å²) in [5, 5.41) is 0. The van der Waals surface area contributed by atoms with Gasteiger partial charge in [-0.15, -0.1) is 0 Å². The summed E-state index contributed by atoms with van der Waals surface area (Å²) in [6, 6.07) is 0. The van der Waals surface area contributed by atoms with Gasteiger partial charge in [0.15, 0.2) is 0 Å². The molecule has 0 bridgehead atoms. The standard InChI is InChI=1S/K.O4SSe/c;1-5(2)3-6-4-5. The van der Waals surface area contributed by atoms with Crippen molar-refractivity contribution in [1.82, 2.24) is 0 Å². The Hall–Kier alpha value is 2.03. The maximum absolute atomic E-state index is 9.66. The Kier molecular flexibility index (Phi) is 4.20. The molecule has 1 aliphatic rings. The fourth-order valence-electron chi connectivity index (χ4n) is 0.0731. The van der Waals surface area contributed by atoms with Crippen LogP contribution in [0.25, 0.3) is 0 Å². The van der Waals surface area contributed by atoms with Gasteiger partial charge in [-0.25, -0.2) is 0 Å². The Morgan fingerprint density at radius 3 is 1.57 bits per heavy atom. The van der Waals surface area contributed by atoms with Crippen LogP contribution in [-0.2, 0) is 16.9 Å². The maximum Gasteiger partial charge on any atom is 0 e. The Labute approximate surface area is 90.5 Å². The summed E-state index contributed by atoms with van der Waals surface area (Å²) in [6.07, 6.45) is 0. The molecule has 1 rings (SSSR count). The minimum atomic E-state index is -3.45. The summed E-state index contributed by atoms with van der Waals surface area (Å²) in [6.45, 7) is 0. The van der Waals surface area contributed by atoms with Crippen molar-refractivity contribution in [2.45, 2.75) is 0 Å². The minimum absolute atomic E-state index is 0. The van der Waals surface area contributed by atoms with E-state index < -0.39 is 26.0 Å². The summed E-state index contributed by atoms with van der Waals surface area (Å²) in [5.41, 5.74) is 0. The Bertz CT molecular complexity index is 126. The number of hydrogen-bond acceptors (Lipinski definition) is 4. The molecule has 7 heavy (non-hydrogen) atoms. The van der Waals surface area contributed by atoms with Gasteiger partial charge in [-0.05, 0) is 0 Å². The Balaban J connectivity index is 0.000000360. The topological polar surface area (TPSA) is 52.6 Å². The van der Waals surface area contributed by atoms with Crippen LogP contribution < -0.4 is 0 Å². The third-order valence-electron chi connectivity index (χ3n) is 0.222. The van der Waals surface area contributed by atoms with Crippen molar-refractivity contribution in [2.24, 2.45) is 0 Å². The number of hydrogen-bond donors (Lipinski definition) is 0. The zero-order valence-corrected chi connectivity index (χ0v) is 9.10. The van der Waals surface area contributed by atoms with Gasteiger partial charge in [0.1, 0.15) is 0 Å². The van der Waals surface area contributed by atoms with Crippen LogP contribution in [0.4, 0.5) is 0 Å². The fraction of sp³-hybridized carbons (Fsp3) is 0. The zero-order chi connectivity index (χ0) is 4.62. The van der Waals surface area contributed by atoms with Crippen LogP contribution in [0.2, 0.25) is 0 Å². The Morgan fingerprint density at radius 2 is 1.57 bits per heavy atom. The van der Waals surface area contributed by atoms with Crippen LogP contribution in [-0.4, -0.2) is 75.4 Å². The predicted octanol–water partition coefficient (Wildman–Crippen LogP) is -1.57. The van der Waals surface area contributed by atoms with Crippen LogP contribution in [0, 0.1) is 0 Å². The van der Waals surface area contributed by atoms with E-state index in [0.717, 1.165) is 0 Å². The van der Waals surface area contributed by atoms with Gasteiger partial charge >= 0.3 is 41.0 Å². The summed E-state index contributed by atoms with van der Waals surface area (Å²) in [4.78, 5) is 0. The molecule has 1 aliphatic heterocycles. The van der Waals surface area contributed by atoms with Crippen LogP contribution in [0.15, 0.2) is 0 Å². The fourth-order valence-corrected chi connectivity index (χ4v) is 1.14. The molecule has 1 saturated heterocycles. The van der Waals surface area contributed by atoms with Crippen molar-refractivity contribution in [2.75, 3.05) is 0 Å². The molecule has 0 aromatic carbocycles. The molecule has 0 amide bonds. The molecule has 0 unspecified atom stereocenters. The maximum atomic E-state index is 9.66. The van der Waals surface area contributed by atoms with Crippen molar-refractivity contribution in [1.29, 1.82) is 0 Å². The second-order valence-corrected chi connectivity index (χ2v) is 3.70. The van der Waals surface area contributed by atoms with Gasteiger partial charge in [0.2, 0.25) is 0 Å². The van der Waals surface area contributed by atoms with Gasteiger partial charge in [0, 0.05) is 51.4 Å². The first-order valence-electron chi connectivity index (χ1n) is 1.00. The third kappa shape index (κ3) is 2.90.